The fourth-order valence-electron chi connectivity index (χ4n) is 1.31. The fraction of sp³-hybridized carbons (Fsp3) is 0.300. The molecule has 4 heteroatoms. The maximum atomic E-state index is 9.22. The highest BCUT2D eigenvalue weighted by Crippen LogP contribution is 2.32. The van der Waals surface area contributed by atoms with E-state index in [9.17, 15) is 5.11 Å². The van der Waals surface area contributed by atoms with Crippen LogP contribution >= 0.6 is 12.2 Å². The second-order valence-corrected chi connectivity index (χ2v) is 3.17. The molecule has 0 saturated carbocycles. The Labute approximate surface area is 88.3 Å². The quantitative estimate of drug-likeness (QED) is 0.780. The molecule has 0 saturated heterocycles. The van der Waals surface area contributed by atoms with Crippen LogP contribution in [0.15, 0.2) is 12.1 Å². The lowest BCUT2D eigenvalue weighted by Gasteiger charge is -2.12. The summed E-state index contributed by atoms with van der Waals surface area (Å²) in [6.07, 6.45) is 0. The number of hydrogen-bond acceptors (Lipinski definition) is 3. The Morgan fingerprint density at radius 3 is 2.36 bits per heavy atom. The first kappa shape index (κ1) is 10.8. The van der Waals surface area contributed by atoms with Gasteiger partial charge < -0.3 is 14.6 Å². The number of hydrogen-bond donors (Lipinski definition) is 1. The molecule has 14 heavy (non-hydrogen) atoms. The van der Waals surface area contributed by atoms with Crippen LogP contribution in [0.1, 0.15) is 11.1 Å². The van der Waals surface area contributed by atoms with Gasteiger partial charge in [-0.1, -0.05) is 0 Å². The van der Waals surface area contributed by atoms with E-state index in [2.05, 4.69) is 0 Å². The number of ether oxygens (including phenoxy) is 2. The minimum atomic E-state index is -0.136. The van der Waals surface area contributed by atoms with Crippen LogP contribution in [0, 0.1) is 6.92 Å². The van der Waals surface area contributed by atoms with Gasteiger partial charge in [0.05, 0.1) is 14.2 Å². The monoisotopic (exact) mass is 212 g/mol. The van der Waals surface area contributed by atoms with E-state index in [4.69, 9.17) is 21.7 Å². The highest BCUT2D eigenvalue weighted by atomic mass is 32.1. The molecule has 0 aromatic heterocycles. The molecule has 0 radical (unpaired) electrons. The third kappa shape index (κ3) is 1.80. The summed E-state index contributed by atoms with van der Waals surface area (Å²) in [5.41, 5.74) is 1.37. The predicted molar refractivity (Wildman–Crippen MR) is 58.6 cm³/mol. The lowest BCUT2D eigenvalue weighted by Crippen LogP contribution is -2.01. The first-order chi connectivity index (χ1) is 6.61. The third-order valence-corrected chi connectivity index (χ3v) is 2.24. The van der Waals surface area contributed by atoms with E-state index in [0.717, 1.165) is 5.56 Å². The molecule has 0 amide bonds. The van der Waals surface area contributed by atoms with Crippen LogP contribution in [0.2, 0.25) is 0 Å². The largest absolute Gasteiger partial charge is 0.499 e. The molecule has 76 valence electrons. The van der Waals surface area contributed by atoms with Crippen LogP contribution in [-0.4, -0.2) is 24.4 Å². The molecule has 1 aromatic rings. The Balaban J connectivity index is 3.34. The minimum Gasteiger partial charge on any atom is -0.499 e. The van der Waals surface area contributed by atoms with E-state index in [0.29, 0.717) is 17.1 Å². The van der Waals surface area contributed by atoms with Crippen molar-refractivity contribution in [2.45, 2.75) is 6.92 Å². The summed E-state index contributed by atoms with van der Waals surface area (Å²) in [6.45, 7) is 1.82. The van der Waals surface area contributed by atoms with Crippen molar-refractivity contribution in [3.8, 4) is 11.5 Å². The average Bonchev–Trinajstić information content (AvgIpc) is 2.16. The molecule has 1 aromatic carbocycles. The van der Waals surface area contributed by atoms with Gasteiger partial charge in [-0.15, -0.1) is 0 Å². The Kier molecular flexibility index (Phi) is 3.30. The maximum Gasteiger partial charge on any atom is 0.189 e. The molecule has 0 heterocycles. The summed E-state index contributed by atoms with van der Waals surface area (Å²) >= 11 is 4.70. The third-order valence-electron chi connectivity index (χ3n) is 2.02. The van der Waals surface area contributed by atoms with Gasteiger partial charge in [-0.2, -0.15) is 0 Å². The van der Waals surface area contributed by atoms with E-state index in [1.165, 1.54) is 0 Å². The number of thiocarbonyl (C=S) groups is 1. The Morgan fingerprint density at radius 2 is 1.93 bits per heavy atom. The Bertz CT molecular complexity index is 361. The van der Waals surface area contributed by atoms with Crippen LogP contribution in [-0.2, 0) is 0 Å². The highest BCUT2D eigenvalue weighted by molar-refractivity contribution is 7.80. The zero-order valence-corrected chi connectivity index (χ0v) is 9.14. The molecule has 3 nitrogen and oxygen atoms in total. The molecular weight excluding hydrogens is 200 g/mol. The van der Waals surface area contributed by atoms with Crippen molar-refractivity contribution in [2.75, 3.05) is 14.2 Å². The standard InChI is InChI=1S/C10H12O3S/c1-6-7(10(11)14)4-5-8(12-2)9(6)13-3/h4-5H,1-3H3,(H,11,14). The van der Waals surface area contributed by atoms with Crippen molar-refractivity contribution >= 4 is 17.3 Å². The van der Waals surface area contributed by atoms with Crippen molar-refractivity contribution in [1.82, 2.24) is 0 Å². The van der Waals surface area contributed by atoms with Crippen molar-refractivity contribution in [3.63, 3.8) is 0 Å². The molecule has 0 unspecified atom stereocenters. The molecule has 1 rings (SSSR count). The van der Waals surface area contributed by atoms with Crippen molar-refractivity contribution in [1.29, 1.82) is 0 Å². The number of benzene rings is 1. The minimum absolute atomic E-state index is 0.136. The van der Waals surface area contributed by atoms with E-state index < -0.39 is 0 Å². The van der Waals surface area contributed by atoms with E-state index >= 15 is 0 Å². The molecular formula is C10H12O3S. The van der Waals surface area contributed by atoms with Gasteiger partial charge in [-0.05, 0) is 31.3 Å². The molecule has 1 N–H and O–H groups in total. The van der Waals surface area contributed by atoms with Crippen LogP contribution in [0.25, 0.3) is 0 Å². The van der Waals surface area contributed by atoms with E-state index in [-0.39, 0.29) is 5.05 Å². The number of methoxy groups -OCH3 is 2. The number of rotatable bonds is 3. The molecule has 0 bridgehead atoms. The molecule has 0 fully saturated rings. The van der Waals surface area contributed by atoms with E-state index in [1.54, 1.807) is 26.4 Å². The number of aliphatic hydroxyl groups excluding tert-OH is 1. The Morgan fingerprint density at radius 1 is 1.29 bits per heavy atom. The molecule has 0 aliphatic rings. The lowest BCUT2D eigenvalue weighted by atomic mass is 10.1. The van der Waals surface area contributed by atoms with Crippen LogP contribution in [0.5, 0.6) is 11.5 Å². The zero-order valence-electron chi connectivity index (χ0n) is 8.33. The van der Waals surface area contributed by atoms with Crippen LogP contribution < -0.4 is 9.47 Å². The SMILES string of the molecule is COc1ccc(C(O)=S)c(C)c1OC. The topological polar surface area (TPSA) is 38.7 Å². The molecule has 0 aliphatic heterocycles. The van der Waals surface area contributed by atoms with Crippen LogP contribution in [0.3, 0.4) is 0 Å². The summed E-state index contributed by atoms with van der Waals surface area (Å²) in [6, 6.07) is 3.42. The summed E-state index contributed by atoms with van der Waals surface area (Å²) in [5.74, 6) is 1.23. The fourth-order valence-corrected chi connectivity index (χ4v) is 1.53. The van der Waals surface area contributed by atoms with Gasteiger partial charge in [-0.3, -0.25) is 0 Å². The van der Waals surface area contributed by atoms with Gasteiger partial charge in [-0.25, -0.2) is 0 Å². The second-order valence-electron chi connectivity index (χ2n) is 2.78. The average molecular weight is 212 g/mol. The zero-order chi connectivity index (χ0) is 10.7. The first-order valence-corrected chi connectivity index (χ1v) is 4.47. The predicted octanol–water partition coefficient (Wildman–Crippen LogP) is 2.25. The molecule has 0 atom stereocenters. The van der Waals surface area contributed by atoms with Gasteiger partial charge in [0.1, 0.15) is 0 Å². The normalized spacial score (nSPS) is 9.64. The second kappa shape index (κ2) is 4.28. The van der Waals surface area contributed by atoms with Crippen LogP contribution in [0.4, 0.5) is 0 Å². The number of aliphatic hydroxyl groups is 1. The van der Waals surface area contributed by atoms with Crippen molar-refractivity contribution in [2.24, 2.45) is 0 Å². The van der Waals surface area contributed by atoms with Gasteiger partial charge in [0.2, 0.25) is 0 Å². The van der Waals surface area contributed by atoms with Crippen molar-refractivity contribution in [3.05, 3.63) is 23.3 Å². The molecule has 0 aliphatic carbocycles. The summed E-state index contributed by atoms with van der Waals surface area (Å²) in [4.78, 5) is 0. The Hall–Kier alpha value is -1.29. The van der Waals surface area contributed by atoms with Gasteiger partial charge in [0.25, 0.3) is 0 Å². The van der Waals surface area contributed by atoms with Crippen molar-refractivity contribution < 1.29 is 14.6 Å². The van der Waals surface area contributed by atoms with Gasteiger partial charge in [0.15, 0.2) is 16.5 Å². The maximum absolute atomic E-state index is 9.22. The summed E-state index contributed by atoms with van der Waals surface area (Å²) < 4.78 is 10.3. The smallest absolute Gasteiger partial charge is 0.189 e. The van der Waals surface area contributed by atoms with Gasteiger partial charge >= 0.3 is 0 Å². The highest BCUT2D eigenvalue weighted by Gasteiger charge is 2.12. The lowest BCUT2D eigenvalue weighted by molar-refractivity contribution is 0.352. The van der Waals surface area contributed by atoms with Gasteiger partial charge in [0, 0.05) is 11.1 Å². The summed E-state index contributed by atoms with van der Waals surface area (Å²) in [7, 11) is 3.11. The summed E-state index contributed by atoms with van der Waals surface area (Å²) in [5, 5.41) is 9.09. The van der Waals surface area contributed by atoms with E-state index in [1.807, 2.05) is 6.92 Å². The molecule has 0 spiro atoms. The first-order valence-electron chi connectivity index (χ1n) is 4.06.